The Morgan fingerprint density at radius 1 is 1.20 bits per heavy atom. The highest BCUT2D eigenvalue weighted by Gasteiger charge is 2.18. The summed E-state index contributed by atoms with van der Waals surface area (Å²) in [5.74, 6) is -0.554. The number of hydrogen-bond donors (Lipinski definition) is 2. The summed E-state index contributed by atoms with van der Waals surface area (Å²) in [5, 5.41) is 12.9. The summed E-state index contributed by atoms with van der Waals surface area (Å²) in [4.78, 5) is 25.2. The minimum atomic E-state index is -1.07. The molecule has 0 aromatic heterocycles. The lowest BCUT2D eigenvalue weighted by atomic mass is 10.0. The van der Waals surface area contributed by atoms with Gasteiger partial charge in [0.25, 0.3) is 5.91 Å². The van der Waals surface area contributed by atoms with Crippen LogP contribution in [0, 0.1) is 0 Å². The lowest BCUT2D eigenvalue weighted by molar-refractivity contribution is -0.139. The second-order valence-corrected chi connectivity index (χ2v) is 6.93. The number of nitrogens with one attached hydrogen (secondary N) is 1. The van der Waals surface area contributed by atoms with Crippen LogP contribution in [0.3, 0.4) is 0 Å². The maximum atomic E-state index is 12.4. The van der Waals surface area contributed by atoms with Crippen LogP contribution in [0.1, 0.15) is 24.5 Å². The fraction of sp³-hybridized carbons (Fsp3) is 0.318. The number of anilines is 1. The molecule has 2 N–H and O–H groups in total. The molecule has 8 nitrogen and oxygen atoms in total. The molecule has 30 heavy (non-hydrogen) atoms. The Kier molecular flexibility index (Phi) is 6.90. The number of aliphatic carboxylic acids is 1. The molecule has 0 spiro atoms. The van der Waals surface area contributed by atoms with Crippen molar-refractivity contribution in [2.45, 2.75) is 19.8 Å². The van der Waals surface area contributed by atoms with Crippen molar-refractivity contribution in [2.75, 3.05) is 31.7 Å². The second kappa shape index (κ2) is 9.78. The Labute approximate surface area is 175 Å². The highest BCUT2D eigenvalue weighted by atomic mass is 16.5. The number of rotatable bonds is 8. The number of hydrogen-bond acceptors (Lipinski definition) is 6. The van der Waals surface area contributed by atoms with Crippen LogP contribution in [0.5, 0.6) is 11.5 Å². The van der Waals surface area contributed by atoms with Crippen molar-refractivity contribution < 1.29 is 24.2 Å². The van der Waals surface area contributed by atoms with E-state index in [1.165, 1.54) is 12.7 Å². The number of benzene rings is 2. The highest BCUT2D eigenvalue weighted by molar-refractivity contribution is 6.00. The van der Waals surface area contributed by atoms with Gasteiger partial charge in [0.1, 0.15) is 0 Å². The van der Waals surface area contributed by atoms with Crippen LogP contribution in [0.2, 0.25) is 0 Å². The molecule has 1 aliphatic rings. The van der Waals surface area contributed by atoms with Crippen molar-refractivity contribution in [2.24, 2.45) is 5.10 Å². The predicted molar refractivity (Wildman–Crippen MR) is 113 cm³/mol. The molecule has 158 valence electrons. The number of carbonyl (C=O) groups is 2. The summed E-state index contributed by atoms with van der Waals surface area (Å²) < 4.78 is 10.5. The largest absolute Gasteiger partial charge is 0.493 e. The first-order valence-corrected chi connectivity index (χ1v) is 9.67. The summed E-state index contributed by atoms with van der Waals surface area (Å²) in [5.41, 5.74) is 6.27. The number of carboxylic acids is 1. The normalized spacial score (nSPS) is 13.4. The van der Waals surface area contributed by atoms with E-state index in [1.807, 2.05) is 18.2 Å². The van der Waals surface area contributed by atoms with Crippen molar-refractivity contribution in [1.82, 2.24) is 5.43 Å². The Morgan fingerprint density at radius 3 is 2.77 bits per heavy atom. The number of hydrazone groups is 1. The van der Waals surface area contributed by atoms with Crippen LogP contribution < -0.4 is 19.8 Å². The van der Waals surface area contributed by atoms with E-state index in [-0.39, 0.29) is 12.5 Å². The Balaban J connectivity index is 1.63. The smallest absolute Gasteiger partial charge is 0.341 e. The van der Waals surface area contributed by atoms with E-state index in [0.29, 0.717) is 17.2 Å². The van der Waals surface area contributed by atoms with Crippen molar-refractivity contribution >= 4 is 23.3 Å². The summed E-state index contributed by atoms with van der Waals surface area (Å²) in [7, 11) is 1.47. The van der Waals surface area contributed by atoms with Gasteiger partial charge in [-0.15, -0.1) is 0 Å². The molecule has 1 heterocycles. The zero-order valence-corrected chi connectivity index (χ0v) is 17.1. The van der Waals surface area contributed by atoms with Gasteiger partial charge in [-0.25, -0.2) is 10.2 Å². The van der Waals surface area contributed by atoms with Gasteiger partial charge in [0.15, 0.2) is 18.1 Å². The summed E-state index contributed by atoms with van der Waals surface area (Å²) in [6.07, 6.45) is 2.04. The summed E-state index contributed by atoms with van der Waals surface area (Å²) in [6.45, 7) is 2.38. The number of carbonyl (C=O) groups excluding carboxylic acids is 1. The van der Waals surface area contributed by atoms with Gasteiger partial charge in [0.05, 0.1) is 19.4 Å². The van der Waals surface area contributed by atoms with Gasteiger partial charge in [0.2, 0.25) is 0 Å². The predicted octanol–water partition coefficient (Wildman–Crippen LogP) is 2.45. The van der Waals surface area contributed by atoms with Gasteiger partial charge in [-0.2, -0.15) is 5.10 Å². The first kappa shape index (κ1) is 21.2. The maximum Gasteiger partial charge on any atom is 0.341 e. The minimum absolute atomic E-state index is 0.195. The van der Waals surface area contributed by atoms with Crippen LogP contribution >= 0.6 is 0 Å². The lowest BCUT2D eigenvalue weighted by Gasteiger charge is -2.30. The first-order valence-electron chi connectivity index (χ1n) is 9.67. The third-order valence-electron chi connectivity index (χ3n) is 4.82. The molecule has 0 unspecified atom stereocenters. The van der Waals surface area contributed by atoms with Crippen LogP contribution in [0.4, 0.5) is 5.69 Å². The zero-order chi connectivity index (χ0) is 21.5. The second-order valence-electron chi connectivity index (χ2n) is 6.93. The minimum Gasteiger partial charge on any atom is -0.493 e. The van der Waals surface area contributed by atoms with E-state index in [9.17, 15) is 9.59 Å². The van der Waals surface area contributed by atoms with E-state index in [2.05, 4.69) is 21.5 Å². The molecular formula is C22H25N3O5. The van der Waals surface area contributed by atoms with Gasteiger partial charge in [-0.3, -0.25) is 4.79 Å². The highest BCUT2D eigenvalue weighted by Crippen LogP contribution is 2.28. The molecule has 0 saturated carbocycles. The number of amides is 1. The van der Waals surface area contributed by atoms with Gasteiger partial charge in [0, 0.05) is 17.8 Å². The molecule has 0 aliphatic carbocycles. The first-order chi connectivity index (χ1) is 14.5. The number of ether oxygens (including phenoxy) is 2. The van der Waals surface area contributed by atoms with Crippen molar-refractivity contribution in [1.29, 1.82) is 0 Å². The van der Waals surface area contributed by atoms with Gasteiger partial charge >= 0.3 is 5.97 Å². The average molecular weight is 411 g/mol. The summed E-state index contributed by atoms with van der Waals surface area (Å²) in [6, 6.07) is 13.2. The quantitative estimate of drug-likeness (QED) is 0.511. The van der Waals surface area contributed by atoms with Crippen LogP contribution in [-0.4, -0.2) is 49.5 Å². The van der Waals surface area contributed by atoms with Crippen LogP contribution in [0.25, 0.3) is 0 Å². The molecule has 1 amide bonds. The fourth-order valence-electron chi connectivity index (χ4n) is 3.35. The molecule has 2 aromatic rings. The van der Waals surface area contributed by atoms with Gasteiger partial charge in [-0.05, 0) is 49.6 Å². The van der Waals surface area contributed by atoms with E-state index >= 15 is 0 Å². The SMILES string of the molecule is COc1cc(/C(C)=N\NC(=O)CN2CCCc3ccccc32)ccc1OCC(=O)O. The van der Waals surface area contributed by atoms with Crippen molar-refractivity contribution in [3.63, 3.8) is 0 Å². The lowest BCUT2D eigenvalue weighted by Crippen LogP contribution is -2.38. The number of para-hydroxylation sites is 1. The molecule has 0 bridgehead atoms. The number of fused-ring (bicyclic) bond motifs is 1. The maximum absolute atomic E-state index is 12.4. The molecule has 3 rings (SSSR count). The fourth-order valence-corrected chi connectivity index (χ4v) is 3.35. The van der Waals surface area contributed by atoms with E-state index in [1.54, 1.807) is 25.1 Å². The van der Waals surface area contributed by atoms with Crippen LogP contribution in [0.15, 0.2) is 47.6 Å². The Bertz CT molecular complexity index is 958. The average Bonchev–Trinajstić information content (AvgIpc) is 2.76. The summed E-state index contributed by atoms with van der Waals surface area (Å²) >= 11 is 0. The molecule has 8 heteroatoms. The topological polar surface area (TPSA) is 100 Å². The Hall–Kier alpha value is -3.55. The van der Waals surface area contributed by atoms with E-state index in [4.69, 9.17) is 14.6 Å². The number of nitrogens with zero attached hydrogens (tertiary/aromatic N) is 2. The molecule has 0 radical (unpaired) electrons. The zero-order valence-electron chi connectivity index (χ0n) is 17.1. The van der Waals surface area contributed by atoms with Crippen molar-refractivity contribution in [3.8, 4) is 11.5 Å². The molecular weight excluding hydrogens is 386 g/mol. The van der Waals surface area contributed by atoms with Gasteiger partial charge in [-0.1, -0.05) is 18.2 Å². The van der Waals surface area contributed by atoms with Crippen LogP contribution in [-0.2, 0) is 16.0 Å². The molecule has 2 aromatic carbocycles. The van der Waals surface area contributed by atoms with Gasteiger partial charge < -0.3 is 19.5 Å². The molecule has 0 saturated heterocycles. The number of aryl methyl sites for hydroxylation is 1. The molecule has 0 atom stereocenters. The number of methoxy groups -OCH3 is 1. The van der Waals surface area contributed by atoms with E-state index in [0.717, 1.165) is 30.6 Å². The third-order valence-corrected chi connectivity index (χ3v) is 4.82. The molecule has 1 aliphatic heterocycles. The van der Waals surface area contributed by atoms with E-state index < -0.39 is 12.6 Å². The molecule has 0 fully saturated rings. The Morgan fingerprint density at radius 2 is 2.00 bits per heavy atom. The third kappa shape index (κ3) is 5.28. The number of carboxylic acid groups (broad SMARTS) is 1. The standard InChI is InChI=1S/C22H25N3O5/c1-15(17-9-10-19(20(12-17)29-2)30-14-22(27)28)23-24-21(26)13-25-11-5-7-16-6-3-4-8-18(16)25/h3-4,6,8-10,12H,5,7,11,13-14H2,1-2H3,(H,24,26)(H,27,28)/b23-15-. The monoisotopic (exact) mass is 411 g/mol. The van der Waals surface area contributed by atoms with Crippen molar-refractivity contribution in [3.05, 3.63) is 53.6 Å².